The first-order valence-electron chi connectivity index (χ1n) is 11.0. The normalized spacial score (nSPS) is 11.3. The molecule has 3 N–H and O–H groups in total. The van der Waals surface area contributed by atoms with Gasteiger partial charge in [0, 0.05) is 26.1 Å². The molecule has 0 fully saturated rings. The molecule has 0 bridgehead atoms. The summed E-state index contributed by atoms with van der Waals surface area (Å²) in [6, 6.07) is 0. The van der Waals surface area contributed by atoms with Crippen LogP contribution in [0.25, 0.3) is 0 Å². The molecule has 1 amide bonds. The molecule has 0 aromatic carbocycles. The Morgan fingerprint density at radius 1 is 0.846 bits per heavy atom. The fraction of sp³-hybridized carbons (Fsp3) is 0.864. The van der Waals surface area contributed by atoms with Crippen molar-refractivity contribution < 1.29 is 9.90 Å². The summed E-state index contributed by atoms with van der Waals surface area (Å²) in [6.07, 6.45) is 21.7. The van der Waals surface area contributed by atoms with Crippen LogP contribution < -0.4 is 5.73 Å². The van der Waals surface area contributed by atoms with E-state index in [9.17, 15) is 4.79 Å². The van der Waals surface area contributed by atoms with Gasteiger partial charge in [-0.05, 0) is 32.1 Å². The molecule has 4 nitrogen and oxygen atoms in total. The number of aliphatic hydroxyl groups is 1. The maximum atomic E-state index is 12.0. The number of carbonyl (C=O) groups excluding carboxylic acids is 1. The van der Waals surface area contributed by atoms with E-state index in [1.807, 2.05) is 0 Å². The highest BCUT2D eigenvalue weighted by Gasteiger charge is 2.11. The lowest BCUT2D eigenvalue weighted by Crippen LogP contribution is -2.37. The number of amides is 1. The van der Waals surface area contributed by atoms with Crippen LogP contribution in [0.3, 0.4) is 0 Å². The third-order valence-corrected chi connectivity index (χ3v) is 4.77. The Morgan fingerprint density at radius 2 is 1.38 bits per heavy atom. The number of aliphatic hydroxyl groups excluding tert-OH is 1. The topological polar surface area (TPSA) is 66.6 Å². The summed E-state index contributed by atoms with van der Waals surface area (Å²) in [7, 11) is 0. The minimum absolute atomic E-state index is 0.0120. The molecule has 0 aliphatic heterocycles. The molecule has 0 rings (SSSR count). The number of rotatable bonds is 19. The predicted octanol–water partition coefficient (Wildman–Crippen LogP) is 4.80. The van der Waals surface area contributed by atoms with E-state index >= 15 is 0 Å². The predicted molar refractivity (Wildman–Crippen MR) is 112 cm³/mol. The zero-order valence-electron chi connectivity index (χ0n) is 17.3. The highest BCUT2D eigenvalue weighted by molar-refractivity contribution is 5.76. The third kappa shape index (κ3) is 16.6. The SMILES string of the molecule is CCCCCCCC/C=C/CCCCCCCC(=O)N(CCN)CCO. The van der Waals surface area contributed by atoms with Crippen molar-refractivity contribution in [3.8, 4) is 0 Å². The minimum atomic E-state index is 0.0120. The lowest BCUT2D eigenvalue weighted by Gasteiger charge is -2.20. The van der Waals surface area contributed by atoms with E-state index in [1.54, 1.807) is 4.90 Å². The first kappa shape index (κ1) is 25.1. The monoisotopic (exact) mass is 368 g/mol. The van der Waals surface area contributed by atoms with Gasteiger partial charge in [0.25, 0.3) is 0 Å². The van der Waals surface area contributed by atoms with Crippen LogP contribution in [0.5, 0.6) is 0 Å². The van der Waals surface area contributed by atoms with Crippen LogP contribution in [-0.2, 0) is 4.79 Å². The summed E-state index contributed by atoms with van der Waals surface area (Å²) >= 11 is 0. The van der Waals surface area contributed by atoms with Crippen molar-refractivity contribution in [3.05, 3.63) is 12.2 Å². The molecule has 0 aliphatic carbocycles. The summed E-state index contributed by atoms with van der Waals surface area (Å²) in [5, 5.41) is 8.98. The Labute approximate surface area is 162 Å². The van der Waals surface area contributed by atoms with Crippen LogP contribution in [-0.4, -0.2) is 42.2 Å². The fourth-order valence-electron chi connectivity index (χ4n) is 3.14. The number of nitrogens with two attached hydrogens (primary N) is 1. The van der Waals surface area contributed by atoms with Gasteiger partial charge in [-0.3, -0.25) is 4.79 Å². The molecule has 0 atom stereocenters. The van der Waals surface area contributed by atoms with Gasteiger partial charge in [0.15, 0.2) is 0 Å². The summed E-state index contributed by atoms with van der Waals surface area (Å²) in [5.41, 5.74) is 5.50. The molecule has 0 saturated heterocycles. The molecule has 0 saturated carbocycles. The summed E-state index contributed by atoms with van der Waals surface area (Å²) in [4.78, 5) is 13.7. The molecule has 26 heavy (non-hydrogen) atoms. The smallest absolute Gasteiger partial charge is 0.222 e. The average molecular weight is 369 g/mol. The molecule has 0 radical (unpaired) electrons. The Morgan fingerprint density at radius 3 is 1.92 bits per heavy atom. The van der Waals surface area contributed by atoms with Gasteiger partial charge < -0.3 is 15.7 Å². The molecule has 4 heteroatoms. The van der Waals surface area contributed by atoms with E-state index in [1.165, 1.54) is 70.6 Å². The molecular formula is C22H44N2O2. The molecule has 0 aromatic heterocycles. The highest BCUT2D eigenvalue weighted by atomic mass is 16.3. The van der Waals surface area contributed by atoms with E-state index < -0.39 is 0 Å². The molecular weight excluding hydrogens is 324 g/mol. The van der Waals surface area contributed by atoms with Crippen molar-refractivity contribution in [2.45, 2.75) is 96.8 Å². The number of hydrogen-bond donors (Lipinski definition) is 2. The molecule has 154 valence electrons. The number of allylic oxidation sites excluding steroid dienone is 2. The number of unbranched alkanes of at least 4 members (excludes halogenated alkanes) is 11. The Kier molecular flexibility index (Phi) is 19.8. The van der Waals surface area contributed by atoms with Gasteiger partial charge >= 0.3 is 0 Å². The van der Waals surface area contributed by atoms with Crippen molar-refractivity contribution in [1.82, 2.24) is 4.90 Å². The van der Waals surface area contributed by atoms with Crippen LogP contribution in [0.15, 0.2) is 12.2 Å². The van der Waals surface area contributed by atoms with Crippen LogP contribution in [0, 0.1) is 0 Å². The summed E-state index contributed by atoms with van der Waals surface area (Å²) in [5.74, 6) is 0.127. The van der Waals surface area contributed by atoms with Crippen molar-refractivity contribution in [3.63, 3.8) is 0 Å². The Bertz CT molecular complexity index is 326. The largest absolute Gasteiger partial charge is 0.395 e. The van der Waals surface area contributed by atoms with Gasteiger partial charge in [-0.2, -0.15) is 0 Å². The van der Waals surface area contributed by atoms with Crippen molar-refractivity contribution in [2.24, 2.45) is 5.73 Å². The molecule has 0 spiro atoms. The van der Waals surface area contributed by atoms with Crippen LogP contribution in [0.4, 0.5) is 0 Å². The van der Waals surface area contributed by atoms with Crippen LogP contribution in [0.1, 0.15) is 96.8 Å². The second kappa shape index (κ2) is 20.4. The van der Waals surface area contributed by atoms with Gasteiger partial charge in [-0.15, -0.1) is 0 Å². The third-order valence-electron chi connectivity index (χ3n) is 4.77. The average Bonchev–Trinajstić information content (AvgIpc) is 2.64. The number of hydrogen-bond acceptors (Lipinski definition) is 3. The first-order chi connectivity index (χ1) is 12.8. The van der Waals surface area contributed by atoms with E-state index in [4.69, 9.17) is 10.8 Å². The zero-order chi connectivity index (χ0) is 19.3. The van der Waals surface area contributed by atoms with Gasteiger partial charge in [0.05, 0.1) is 6.61 Å². The number of nitrogens with zero attached hydrogens (tertiary/aromatic N) is 1. The molecule has 0 aliphatic rings. The standard InChI is InChI=1S/C22H44N2O2/c1-2-3-4-5-6-7-8-9-10-11-12-13-14-15-16-17-22(26)24(19-18-23)20-21-25/h9-10,25H,2-8,11-21,23H2,1H3/b10-9+. The summed E-state index contributed by atoms with van der Waals surface area (Å²) in [6.45, 7) is 3.68. The molecule has 0 heterocycles. The van der Waals surface area contributed by atoms with E-state index in [2.05, 4.69) is 19.1 Å². The van der Waals surface area contributed by atoms with Gasteiger partial charge in [0.1, 0.15) is 0 Å². The van der Waals surface area contributed by atoms with Gasteiger partial charge in [-0.1, -0.05) is 70.4 Å². The minimum Gasteiger partial charge on any atom is -0.395 e. The maximum absolute atomic E-state index is 12.0. The highest BCUT2D eigenvalue weighted by Crippen LogP contribution is 2.10. The second-order valence-electron chi connectivity index (χ2n) is 7.23. The summed E-state index contributed by atoms with van der Waals surface area (Å²) < 4.78 is 0. The van der Waals surface area contributed by atoms with Gasteiger partial charge in [0.2, 0.25) is 5.91 Å². The van der Waals surface area contributed by atoms with E-state index in [0.29, 0.717) is 26.1 Å². The van der Waals surface area contributed by atoms with Crippen LogP contribution in [0.2, 0.25) is 0 Å². The molecule has 0 aromatic rings. The Hall–Kier alpha value is -0.870. The first-order valence-corrected chi connectivity index (χ1v) is 11.0. The molecule has 0 unspecified atom stereocenters. The lowest BCUT2D eigenvalue weighted by molar-refractivity contribution is -0.131. The van der Waals surface area contributed by atoms with Crippen LogP contribution >= 0.6 is 0 Å². The van der Waals surface area contributed by atoms with Crippen molar-refractivity contribution in [2.75, 3.05) is 26.2 Å². The van der Waals surface area contributed by atoms with Crippen molar-refractivity contribution in [1.29, 1.82) is 0 Å². The van der Waals surface area contributed by atoms with E-state index in [-0.39, 0.29) is 12.5 Å². The van der Waals surface area contributed by atoms with Crippen molar-refractivity contribution >= 4 is 5.91 Å². The second-order valence-corrected chi connectivity index (χ2v) is 7.23. The Balaban J connectivity index is 3.39. The fourth-order valence-corrected chi connectivity index (χ4v) is 3.14. The zero-order valence-corrected chi connectivity index (χ0v) is 17.3. The van der Waals surface area contributed by atoms with E-state index in [0.717, 1.165) is 12.8 Å². The van der Waals surface area contributed by atoms with Gasteiger partial charge in [-0.25, -0.2) is 0 Å². The maximum Gasteiger partial charge on any atom is 0.222 e. The lowest BCUT2D eigenvalue weighted by atomic mass is 10.1. The number of carbonyl (C=O) groups is 1. The quantitative estimate of drug-likeness (QED) is 0.254.